The van der Waals surface area contributed by atoms with Crippen molar-refractivity contribution >= 4 is 17.4 Å². The van der Waals surface area contributed by atoms with Crippen LogP contribution in [-0.4, -0.2) is 30.1 Å². The van der Waals surface area contributed by atoms with Gasteiger partial charge in [0.1, 0.15) is 0 Å². The topological polar surface area (TPSA) is 15.3 Å². The van der Waals surface area contributed by atoms with E-state index in [0.29, 0.717) is 0 Å². The Morgan fingerprint density at radius 2 is 1.89 bits per heavy atom. The van der Waals surface area contributed by atoms with Crippen molar-refractivity contribution in [2.24, 2.45) is 0 Å². The van der Waals surface area contributed by atoms with Crippen LogP contribution in [0, 0.1) is 0 Å². The van der Waals surface area contributed by atoms with Crippen LogP contribution in [-0.2, 0) is 6.54 Å². The van der Waals surface area contributed by atoms with Crippen LogP contribution in [0.25, 0.3) is 0 Å². The van der Waals surface area contributed by atoms with Crippen LogP contribution >= 0.6 is 11.8 Å². The van der Waals surface area contributed by atoms with Crippen molar-refractivity contribution in [3.63, 3.8) is 0 Å². The summed E-state index contributed by atoms with van der Waals surface area (Å²) in [6.07, 6.45) is 1.19. The number of benzene rings is 1. The highest BCUT2D eigenvalue weighted by Gasteiger charge is 2.23. The molecule has 1 aliphatic heterocycles. The summed E-state index contributed by atoms with van der Waals surface area (Å²) >= 11 is 2.11. The maximum absolute atomic E-state index is 3.52. The molecule has 0 amide bonds. The molecule has 2 unspecified atom stereocenters. The van der Waals surface area contributed by atoms with Crippen LogP contribution in [0.5, 0.6) is 0 Å². The fourth-order valence-electron chi connectivity index (χ4n) is 2.74. The van der Waals surface area contributed by atoms with Gasteiger partial charge in [0, 0.05) is 35.8 Å². The molecule has 1 aliphatic rings. The molecule has 0 radical (unpaired) electrons. The van der Waals surface area contributed by atoms with E-state index in [1.165, 1.54) is 30.8 Å². The molecule has 1 N–H and O–H groups in total. The normalized spacial score (nSPS) is 23.6. The Bertz CT molecular complexity index is 384. The summed E-state index contributed by atoms with van der Waals surface area (Å²) in [7, 11) is 0. The standard InChI is InChI=1S/C16H26N2S/c1-4-9-17-10-15-7-5-6-8-16(15)18-11-13(2)19-14(3)12-18/h5-8,13-14,17H,4,9-12H2,1-3H3. The molecular weight excluding hydrogens is 252 g/mol. The number of hydrogen-bond donors (Lipinski definition) is 1. The van der Waals surface area contributed by atoms with Gasteiger partial charge in [0.15, 0.2) is 0 Å². The van der Waals surface area contributed by atoms with Gasteiger partial charge in [0.05, 0.1) is 0 Å². The summed E-state index contributed by atoms with van der Waals surface area (Å²) in [5.74, 6) is 0. The third-order valence-corrected chi connectivity index (χ3v) is 4.72. The Hall–Kier alpha value is -0.670. The molecule has 3 heteroatoms. The molecule has 0 spiro atoms. The number of hydrogen-bond acceptors (Lipinski definition) is 3. The van der Waals surface area contributed by atoms with Gasteiger partial charge in [-0.05, 0) is 24.6 Å². The Morgan fingerprint density at radius 3 is 2.58 bits per heavy atom. The summed E-state index contributed by atoms with van der Waals surface area (Å²) in [6, 6.07) is 8.85. The van der Waals surface area contributed by atoms with Crippen LogP contribution < -0.4 is 10.2 Å². The first-order chi connectivity index (χ1) is 9.20. The lowest BCUT2D eigenvalue weighted by atomic mass is 10.1. The van der Waals surface area contributed by atoms with Crippen molar-refractivity contribution in [3.05, 3.63) is 29.8 Å². The molecule has 2 atom stereocenters. The lowest BCUT2D eigenvalue weighted by Crippen LogP contribution is -2.41. The highest BCUT2D eigenvalue weighted by atomic mass is 32.2. The lowest BCUT2D eigenvalue weighted by Gasteiger charge is -2.37. The molecule has 0 saturated carbocycles. The summed E-state index contributed by atoms with van der Waals surface area (Å²) in [6.45, 7) is 11.3. The van der Waals surface area contributed by atoms with Gasteiger partial charge in [-0.2, -0.15) is 11.8 Å². The van der Waals surface area contributed by atoms with Crippen molar-refractivity contribution in [2.45, 2.75) is 44.2 Å². The number of rotatable bonds is 5. The first kappa shape index (κ1) is 14.7. The first-order valence-corrected chi connectivity index (χ1v) is 8.34. The number of nitrogens with zero attached hydrogens (tertiary/aromatic N) is 1. The maximum atomic E-state index is 3.52. The minimum Gasteiger partial charge on any atom is -0.369 e. The highest BCUT2D eigenvalue weighted by molar-refractivity contribution is 8.00. The van der Waals surface area contributed by atoms with Crippen molar-refractivity contribution in [1.82, 2.24) is 5.32 Å². The number of para-hydroxylation sites is 1. The van der Waals surface area contributed by atoms with E-state index >= 15 is 0 Å². The average molecular weight is 278 g/mol. The summed E-state index contributed by atoms with van der Waals surface area (Å²) in [5.41, 5.74) is 2.85. The van der Waals surface area contributed by atoms with Gasteiger partial charge in [0.25, 0.3) is 0 Å². The fraction of sp³-hybridized carbons (Fsp3) is 0.625. The van der Waals surface area contributed by atoms with E-state index in [1.54, 1.807) is 0 Å². The van der Waals surface area contributed by atoms with Gasteiger partial charge < -0.3 is 10.2 Å². The zero-order valence-electron chi connectivity index (χ0n) is 12.4. The Kier molecular flexibility index (Phi) is 5.59. The van der Waals surface area contributed by atoms with Crippen LogP contribution in [0.4, 0.5) is 5.69 Å². The Balaban J connectivity index is 2.09. The van der Waals surface area contributed by atoms with Crippen molar-refractivity contribution in [1.29, 1.82) is 0 Å². The third-order valence-electron chi connectivity index (χ3n) is 3.49. The van der Waals surface area contributed by atoms with Crippen LogP contribution in [0.15, 0.2) is 24.3 Å². The van der Waals surface area contributed by atoms with Crippen molar-refractivity contribution in [2.75, 3.05) is 24.5 Å². The quantitative estimate of drug-likeness (QED) is 0.830. The predicted molar refractivity (Wildman–Crippen MR) is 87.2 cm³/mol. The SMILES string of the molecule is CCCNCc1ccccc1N1CC(C)SC(C)C1. The minimum atomic E-state index is 0.723. The molecule has 0 aliphatic carbocycles. The Labute approximate surface area is 122 Å². The second-order valence-electron chi connectivity index (χ2n) is 5.47. The molecule has 0 aromatic heterocycles. The molecule has 19 heavy (non-hydrogen) atoms. The Morgan fingerprint density at radius 1 is 1.21 bits per heavy atom. The number of thioether (sulfide) groups is 1. The van der Waals surface area contributed by atoms with E-state index in [0.717, 1.165) is 23.6 Å². The highest BCUT2D eigenvalue weighted by Crippen LogP contribution is 2.30. The van der Waals surface area contributed by atoms with Crippen LogP contribution in [0.1, 0.15) is 32.8 Å². The maximum Gasteiger partial charge on any atom is 0.0412 e. The largest absolute Gasteiger partial charge is 0.369 e. The molecule has 106 valence electrons. The minimum absolute atomic E-state index is 0.723. The zero-order valence-corrected chi connectivity index (χ0v) is 13.2. The molecule has 2 rings (SSSR count). The summed E-state index contributed by atoms with van der Waals surface area (Å²) < 4.78 is 0. The second kappa shape index (κ2) is 7.20. The van der Waals surface area contributed by atoms with Gasteiger partial charge in [-0.25, -0.2) is 0 Å². The van der Waals surface area contributed by atoms with E-state index < -0.39 is 0 Å². The third kappa shape index (κ3) is 4.15. The van der Waals surface area contributed by atoms with Crippen LogP contribution in [0.3, 0.4) is 0 Å². The molecule has 0 bridgehead atoms. The monoisotopic (exact) mass is 278 g/mol. The molecule has 1 heterocycles. The van der Waals surface area contributed by atoms with Crippen LogP contribution in [0.2, 0.25) is 0 Å². The van der Waals surface area contributed by atoms with Gasteiger partial charge in [-0.15, -0.1) is 0 Å². The molecule has 1 aromatic rings. The van der Waals surface area contributed by atoms with Gasteiger partial charge in [0.2, 0.25) is 0 Å². The lowest BCUT2D eigenvalue weighted by molar-refractivity contribution is 0.667. The molecule has 1 fully saturated rings. The van der Waals surface area contributed by atoms with Gasteiger partial charge >= 0.3 is 0 Å². The second-order valence-corrected chi connectivity index (χ2v) is 7.35. The van der Waals surface area contributed by atoms with Crippen molar-refractivity contribution in [3.8, 4) is 0 Å². The van der Waals surface area contributed by atoms with E-state index in [4.69, 9.17) is 0 Å². The van der Waals surface area contributed by atoms with Gasteiger partial charge in [-0.3, -0.25) is 0 Å². The fourth-order valence-corrected chi connectivity index (χ4v) is 4.07. The average Bonchev–Trinajstić information content (AvgIpc) is 2.38. The molecule has 1 saturated heterocycles. The summed E-state index contributed by atoms with van der Waals surface area (Å²) in [4.78, 5) is 2.56. The van der Waals surface area contributed by atoms with Gasteiger partial charge in [-0.1, -0.05) is 39.0 Å². The molecule has 1 aromatic carbocycles. The molecule has 2 nitrogen and oxygen atoms in total. The summed E-state index contributed by atoms with van der Waals surface area (Å²) in [5, 5.41) is 4.97. The predicted octanol–water partition coefficient (Wildman–Crippen LogP) is 3.52. The van der Waals surface area contributed by atoms with E-state index in [1.807, 2.05) is 0 Å². The van der Waals surface area contributed by atoms with E-state index in [9.17, 15) is 0 Å². The smallest absolute Gasteiger partial charge is 0.0412 e. The number of anilines is 1. The van der Waals surface area contributed by atoms with Crippen molar-refractivity contribution < 1.29 is 0 Å². The van der Waals surface area contributed by atoms with E-state index in [2.05, 4.69) is 67.0 Å². The zero-order chi connectivity index (χ0) is 13.7. The van der Waals surface area contributed by atoms with E-state index in [-0.39, 0.29) is 0 Å². The number of nitrogens with one attached hydrogen (secondary N) is 1. The molecular formula is C16H26N2S. The first-order valence-electron chi connectivity index (χ1n) is 7.39.